The molecule has 2 aromatic carbocycles. The predicted octanol–water partition coefficient (Wildman–Crippen LogP) is 5.26. The van der Waals surface area contributed by atoms with E-state index in [-0.39, 0.29) is 23.6 Å². The number of amides is 1. The van der Waals surface area contributed by atoms with Crippen LogP contribution in [0, 0.1) is 11.8 Å². The van der Waals surface area contributed by atoms with Gasteiger partial charge in [-0.3, -0.25) is 0 Å². The normalized spacial score (nSPS) is 16.3. The van der Waals surface area contributed by atoms with Gasteiger partial charge >= 0.3 is 6.09 Å². The van der Waals surface area contributed by atoms with Crippen molar-refractivity contribution in [3.63, 3.8) is 0 Å². The van der Waals surface area contributed by atoms with Gasteiger partial charge in [0.05, 0.1) is 12.6 Å². The van der Waals surface area contributed by atoms with Crippen molar-refractivity contribution in [2.75, 3.05) is 13.2 Å². The zero-order valence-electron chi connectivity index (χ0n) is 22.9. The van der Waals surface area contributed by atoms with E-state index < -0.39 is 20.0 Å². The van der Waals surface area contributed by atoms with Crippen LogP contribution in [0.2, 0.25) is 5.04 Å². The molecule has 1 aliphatic rings. The SMILES string of the molecule is CC(C)(C)OC(=O)N[C@@H](CO[Si](c1ccccc1)(c1ccccc1)C(C)(C)C)[C@@H](CCO)CC1CC1. The molecular weight excluding hydrogens is 466 g/mol. The number of aliphatic hydroxyl groups excluding tert-OH is 1. The smallest absolute Gasteiger partial charge is 0.407 e. The Kier molecular flexibility index (Phi) is 9.42. The highest BCUT2D eigenvalue weighted by atomic mass is 28.4. The van der Waals surface area contributed by atoms with Crippen molar-refractivity contribution in [2.24, 2.45) is 11.8 Å². The molecular formula is C30H45NO4Si. The number of hydrogen-bond acceptors (Lipinski definition) is 4. The van der Waals surface area contributed by atoms with Gasteiger partial charge in [-0.15, -0.1) is 0 Å². The highest BCUT2D eigenvalue weighted by Crippen LogP contribution is 2.39. The third kappa shape index (κ3) is 7.43. The molecule has 3 rings (SSSR count). The first-order valence-electron chi connectivity index (χ1n) is 13.3. The minimum atomic E-state index is -2.76. The quantitative estimate of drug-likeness (QED) is 0.404. The molecule has 0 heterocycles. The summed E-state index contributed by atoms with van der Waals surface area (Å²) in [6, 6.07) is 20.8. The Hall–Kier alpha value is -2.15. The van der Waals surface area contributed by atoms with Gasteiger partial charge in [-0.25, -0.2) is 4.79 Å². The van der Waals surface area contributed by atoms with Crippen LogP contribution in [0.5, 0.6) is 0 Å². The summed E-state index contributed by atoms with van der Waals surface area (Å²) in [5.74, 6) is 0.783. The molecule has 0 radical (unpaired) electrons. The van der Waals surface area contributed by atoms with E-state index in [1.807, 2.05) is 32.9 Å². The highest BCUT2D eigenvalue weighted by Gasteiger charge is 2.50. The van der Waals surface area contributed by atoms with Gasteiger partial charge in [0, 0.05) is 6.61 Å². The minimum absolute atomic E-state index is 0.0864. The Morgan fingerprint density at radius 1 is 0.972 bits per heavy atom. The van der Waals surface area contributed by atoms with Crippen LogP contribution in [0.4, 0.5) is 4.79 Å². The molecule has 1 saturated carbocycles. The van der Waals surface area contributed by atoms with Crippen molar-refractivity contribution >= 4 is 24.8 Å². The summed E-state index contributed by atoms with van der Waals surface area (Å²) >= 11 is 0. The number of carbonyl (C=O) groups is 1. The molecule has 1 aliphatic carbocycles. The largest absolute Gasteiger partial charge is 0.444 e. The summed E-state index contributed by atoms with van der Waals surface area (Å²) in [4.78, 5) is 12.9. The topological polar surface area (TPSA) is 67.8 Å². The summed E-state index contributed by atoms with van der Waals surface area (Å²) < 4.78 is 12.8. The molecule has 2 aromatic rings. The Balaban J connectivity index is 1.99. The maximum atomic E-state index is 12.9. The van der Waals surface area contributed by atoms with Crippen LogP contribution in [0.1, 0.15) is 67.2 Å². The van der Waals surface area contributed by atoms with E-state index in [4.69, 9.17) is 9.16 Å². The van der Waals surface area contributed by atoms with Gasteiger partial charge in [0.2, 0.25) is 0 Å². The highest BCUT2D eigenvalue weighted by molar-refractivity contribution is 6.99. The van der Waals surface area contributed by atoms with Crippen LogP contribution < -0.4 is 15.7 Å². The third-order valence-electron chi connectivity index (χ3n) is 7.00. The molecule has 0 spiro atoms. The Labute approximate surface area is 218 Å². The zero-order valence-corrected chi connectivity index (χ0v) is 23.9. The average molecular weight is 512 g/mol. The number of alkyl carbamates (subject to hydrolysis) is 1. The number of aliphatic hydroxyl groups is 1. The van der Waals surface area contributed by atoms with Crippen molar-refractivity contribution in [1.29, 1.82) is 0 Å². The molecule has 5 nitrogen and oxygen atoms in total. The lowest BCUT2D eigenvalue weighted by atomic mass is 9.91. The first kappa shape index (κ1) is 28.4. The standard InChI is InChI=1S/C30H45NO4Si/c1-29(2,3)35-28(33)31-27(24(19-20-32)21-23-17-18-23)22-34-36(30(4,5)6,25-13-9-7-10-14-25)26-15-11-8-12-16-26/h7-16,23-24,27,32H,17-22H2,1-6H3,(H,31,33)/t24-,27-/m0/s1. The number of carbonyl (C=O) groups excluding carboxylic acids is 1. The molecule has 1 fully saturated rings. The monoisotopic (exact) mass is 511 g/mol. The lowest BCUT2D eigenvalue weighted by Gasteiger charge is -2.44. The molecule has 0 aromatic heterocycles. The Morgan fingerprint density at radius 2 is 1.50 bits per heavy atom. The lowest BCUT2D eigenvalue weighted by Crippen LogP contribution is -2.67. The fourth-order valence-electron chi connectivity index (χ4n) is 5.16. The average Bonchev–Trinajstić information content (AvgIpc) is 3.62. The van der Waals surface area contributed by atoms with Crippen LogP contribution in [0.25, 0.3) is 0 Å². The van der Waals surface area contributed by atoms with Crippen molar-refractivity contribution in [2.45, 2.75) is 83.9 Å². The van der Waals surface area contributed by atoms with Crippen molar-refractivity contribution in [3.05, 3.63) is 60.7 Å². The van der Waals surface area contributed by atoms with Gasteiger partial charge in [-0.05, 0) is 60.9 Å². The summed E-state index contributed by atoms with van der Waals surface area (Å²) in [7, 11) is -2.76. The fraction of sp³-hybridized carbons (Fsp3) is 0.567. The van der Waals surface area contributed by atoms with Gasteiger partial charge in [-0.2, -0.15) is 0 Å². The molecule has 0 unspecified atom stereocenters. The number of benzene rings is 2. The maximum absolute atomic E-state index is 12.9. The maximum Gasteiger partial charge on any atom is 0.407 e. The van der Waals surface area contributed by atoms with Gasteiger partial charge < -0.3 is 19.6 Å². The van der Waals surface area contributed by atoms with Crippen molar-refractivity contribution in [1.82, 2.24) is 5.32 Å². The van der Waals surface area contributed by atoms with Gasteiger partial charge in [0.1, 0.15) is 5.60 Å². The van der Waals surface area contributed by atoms with Crippen molar-refractivity contribution in [3.8, 4) is 0 Å². The molecule has 2 N–H and O–H groups in total. The van der Waals surface area contributed by atoms with E-state index in [1.165, 1.54) is 23.2 Å². The van der Waals surface area contributed by atoms with E-state index in [0.717, 1.165) is 6.42 Å². The zero-order chi connectivity index (χ0) is 26.4. The molecule has 0 bridgehead atoms. The Morgan fingerprint density at radius 3 is 1.92 bits per heavy atom. The number of hydrogen-bond donors (Lipinski definition) is 2. The molecule has 0 aliphatic heterocycles. The lowest BCUT2D eigenvalue weighted by molar-refractivity contribution is 0.0444. The minimum Gasteiger partial charge on any atom is -0.444 e. The second-order valence-electron chi connectivity index (χ2n) is 12.2. The molecule has 2 atom stereocenters. The third-order valence-corrected chi connectivity index (χ3v) is 12.0. The van der Waals surface area contributed by atoms with E-state index in [1.54, 1.807) is 0 Å². The van der Waals surface area contributed by atoms with Crippen LogP contribution >= 0.6 is 0 Å². The molecule has 36 heavy (non-hydrogen) atoms. The van der Waals surface area contributed by atoms with Crippen LogP contribution in [0.15, 0.2) is 60.7 Å². The van der Waals surface area contributed by atoms with Crippen LogP contribution in [-0.2, 0) is 9.16 Å². The van der Waals surface area contributed by atoms with Gasteiger partial charge in [0.15, 0.2) is 0 Å². The van der Waals surface area contributed by atoms with Crippen LogP contribution in [0.3, 0.4) is 0 Å². The molecule has 198 valence electrons. The van der Waals surface area contributed by atoms with Crippen LogP contribution in [-0.4, -0.2) is 44.4 Å². The number of rotatable bonds is 11. The fourth-order valence-corrected chi connectivity index (χ4v) is 9.75. The summed E-state index contributed by atoms with van der Waals surface area (Å²) in [6.07, 6.45) is 3.61. The summed E-state index contributed by atoms with van der Waals surface area (Å²) in [6.45, 7) is 12.8. The number of nitrogens with one attached hydrogen (secondary N) is 1. The number of ether oxygens (including phenoxy) is 1. The first-order chi connectivity index (χ1) is 17.0. The molecule has 6 heteroatoms. The van der Waals surface area contributed by atoms with E-state index in [2.05, 4.69) is 74.6 Å². The van der Waals surface area contributed by atoms with Gasteiger partial charge in [0.25, 0.3) is 8.32 Å². The van der Waals surface area contributed by atoms with E-state index >= 15 is 0 Å². The molecule has 1 amide bonds. The predicted molar refractivity (Wildman–Crippen MR) is 149 cm³/mol. The second kappa shape index (κ2) is 11.9. The summed E-state index contributed by atoms with van der Waals surface area (Å²) in [5.41, 5.74) is -0.587. The van der Waals surface area contributed by atoms with E-state index in [9.17, 15) is 9.90 Å². The Bertz CT molecular complexity index is 909. The first-order valence-corrected chi connectivity index (χ1v) is 15.2. The van der Waals surface area contributed by atoms with Crippen molar-refractivity contribution < 1.29 is 19.1 Å². The second-order valence-corrected chi connectivity index (χ2v) is 16.5. The summed E-state index contributed by atoms with van der Waals surface area (Å²) in [5, 5.41) is 15.3. The van der Waals surface area contributed by atoms with Gasteiger partial charge in [-0.1, -0.05) is 94.3 Å². The van der Waals surface area contributed by atoms with E-state index in [0.29, 0.717) is 18.9 Å². The molecule has 0 saturated heterocycles.